The van der Waals surface area contributed by atoms with Crippen LogP contribution in [-0.2, 0) is 17.8 Å². The fourth-order valence-electron chi connectivity index (χ4n) is 2.34. The number of aromatic nitrogens is 2. The molecule has 0 aliphatic carbocycles. The van der Waals surface area contributed by atoms with E-state index in [2.05, 4.69) is 16.8 Å². The SMILES string of the molecule is C=CCN(Cc1ccccc1F)C(=O)Cc1c(C)n[nH]c1C. The molecule has 0 saturated heterocycles. The summed E-state index contributed by atoms with van der Waals surface area (Å²) < 4.78 is 13.8. The Morgan fingerprint density at radius 2 is 2.14 bits per heavy atom. The number of amides is 1. The van der Waals surface area contributed by atoms with Gasteiger partial charge in [-0.25, -0.2) is 4.39 Å². The van der Waals surface area contributed by atoms with Crippen molar-refractivity contribution in [1.29, 1.82) is 0 Å². The van der Waals surface area contributed by atoms with E-state index in [0.29, 0.717) is 12.1 Å². The zero-order valence-electron chi connectivity index (χ0n) is 12.9. The quantitative estimate of drug-likeness (QED) is 0.834. The van der Waals surface area contributed by atoms with Crippen molar-refractivity contribution in [2.45, 2.75) is 26.8 Å². The van der Waals surface area contributed by atoms with E-state index in [1.54, 1.807) is 29.2 Å². The minimum Gasteiger partial charge on any atom is -0.334 e. The van der Waals surface area contributed by atoms with Crippen LogP contribution in [0.4, 0.5) is 4.39 Å². The van der Waals surface area contributed by atoms with E-state index in [4.69, 9.17) is 0 Å². The summed E-state index contributed by atoms with van der Waals surface area (Å²) in [6, 6.07) is 6.49. The second-order valence-electron chi connectivity index (χ2n) is 5.24. The third-order valence-electron chi connectivity index (χ3n) is 3.63. The summed E-state index contributed by atoms with van der Waals surface area (Å²) in [6.07, 6.45) is 1.89. The van der Waals surface area contributed by atoms with Crippen LogP contribution in [0.2, 0.25) is 0 Å². The van der Waals surface area contributed by atoms with Gasteiger partial charge < -0.3 is 4.90 Å². The van der Waals surface area contributed by atoms with Crippen LogP contribution >= 0.6 is 0 Å². The average molecular weight is 301 g/mol. The molecule has 1 amide bonds. The lowest BCUT2D eigenvalue weighted by molar-refractivity contribution is -0.130. The van der Waals surface area contributed by atoms with Crippen LogP contribution in [0.1, 0.15) is 22.5 Å². The van der Waals surface area contributed by atoms with Crippen molar-refractivity contribution in [2.75, 3.05) is 6.54 Å². The lowest BCUT2D eigenvalue weighted by Gasteiger charge is -2.21. The highest BCUT2D eigenvalue weighted by molar-refractivity contribution is 5.79. The Morgan fingerprint density at radius 1 is 1.41 bits per heavy atom. The normalized spacial score (nSPS) is 10.5. The number of H-pyrrole nitrogens is 1. The molecule has 1 N–H and O–H groups in total. The molecule has 0 unspecified atom stereocenters. The number of aromatic amines is 1. The van der Waals surface area contributed by atoms with Gasteiger partial charge in [-0.1, -0.05) is 24.3 Å². The van der Waals surface area contributed by atoms with E-state index in [1.807, 2.05) is 13.8 Å². The summed E-state index contributed by atoms with van der Waals surface area (Å²) >= 11 is 0. The summed E-state index contributed by atoms with van der Waals surface area (Å²) in [7, 11) is 0. The van der Waals surface area contributed by atoms with E-state index < -0.39 is 0 Å². The number of aryl methyl sites for hydroxylation is 2. The van der Waals surface area contributed by atoms with Crippen molar-refractivity contribution in [3.63, 3.8) is 0 Å². The highest BCUT2D eigenvalue weighted by Crippen LogP contribution is 2.14. The van der Waals surface area contributed by atoms with E-state index in [-0.39, 0.29) is 24.7 Å². The number of halogens is 1. The zero-order valence-corrected chi connectivity index (χ0v) is 12.9. The van der Waals surface area contributed by atoms with Crippen molar-refractivity contribution in [1.82, 2.24) is 15.1 Å². The number of benzene rings is 1. The van der Waals surface area contributed by atoms with Crippen LogP contribution in [0, 0.1) is 19.7 Å². The maximum Gasteiger partial charge on any atom is 0.227 e. The molecule has 0 fully saturated rings. The van der Waals surface area contributed by atoms with Crippen LogP contribution in [0.25, 0.3) is 0 Å². The Labute approximate surface area is 129 Å². The van der Waals surface area contributed by atoms with E-state index in [1.165, 1.54) is 6.07 Å². The van der Waals surface area contributed by atoms with Crippen LogP contribution in [0.5, 0.6) is 0 Å². The Balaban J connectivity index is 2.15. The third-order valence-corrected chi connectivity index (χ3v) is 3.63. The molecule has 0 aliphatic heterocycles. The molecule has 116 valence electrons. The lowest BCUT2D eigenvalue weighted by atomic mass is 10.1. The molecule has 0 bridgehead atoms. The van der Waals surface area contributed by atoms with Gasteiger partial charge in [0.2, 0.25) is 5.91 Å². The minimum atomic E-state index is -0.306. The fourth-order valence-corrected chi connectivity index (χ4v) is 2.34. The Bertz CT molecular complexity index is 659. The van der Waals surface area contributed by atoms with Crippen molar-refractivity contribution in [2.24, 2.45) is 0 Å². The van der Waals surface area contributed by atoms with E-state index in [0.717, 1.165) is 17.0 Å². The van der Waals surface area contributed by atoms with Gasteiger partial charge in [-0.3, -0.25) is 9.89 Å². The van der Waals surface area contributed by atoms with Crippen molar-refractivity contribution in [3.05, 3.63) is 65.3 Å². The van der Waals surface area contributed by atoms with Gasteiger partial charge >= 0.3 is 0 Å². The van der Waals surface area contributed by atoms with Gasteiger partial charge in [0.25, 0.3) is 0 Å². The van der Waals surface area contributed by atoms with E-state index in [9.17, 15) is 9.18 Å². The first kappa shape index (κ1) is 15.9. The molecular weight excluding hydrogens is 281 g/mol. The van der Waals surface area contributed by atoms with Crippen molar-refractivity contribution in [3.8, 4) is 0 Å². The van der Waals surface area contributed by atoms with Gasteiger partial charge in [-0.15, -0.1) is 6.58 Å². The molecule has 1 heterocycles. The Kier molecular flexibility index (Phi) is 5.09. The van der Waals surface area contributed by atoms with Crippen molar-refractivity contribution < 1.29 is 9.18 Å². The number of carbonyl (C=O) groups excluding carboxylic acids is 1. The van der Waals surface area contributed by atoms with Crippen molar-refractivity contribution >= 4 is 5.91 Å². The number of nitrogens with one attached hydrogen (secondary N) is 1. The van der Waals surface area contributed by atoms with Gasteiger partial charge in [0.1, 0.15) is 5.82 Å². The molecular formula is C17H20FN3O. The van der Waals surface area contributed by atoms with Gasteiger partial charge in [0, 0.05) is 29.9 Å². The van der Waals surface area contributed by atoms with Crippen LogP contribution in [0.3, 0.4) is 0 Å². The molecule has 0 atom stereocenters. The molecule has 0 radical (unpaired) electrons. The summed E-state index contributed by atoms with van der Waals surface area (Å²) in [5, 5.41) is 6.97. The second kappa shape index (κ2) is 7.02. The van der Waals surface area contributed by atoms with Gasteiger partial charge in [0.05, 0.1) is 12.1 Å². The molecule has 1 aromatic heterocycles. The maximum absolute atomic E-state index is 13.8. The second-order valence-corrected chi connectivity index (χ2v) is 5.24. The maximum atomic E-state index is 13.8. The molecule has 0 aliphatic rings. The zero-order chi connectivity index (χ0) is 16.1. The monoisotopic (exact) mass is 301 g/mol. The highest BCUT2D eigenvalue weighted by Gasteiger charge is 2.18. The first-order valence-corrected chi connectivity index (χ1v) is 7.15. The molecule has 1 aromatic carbocycles. The number of nitrogens with zero attached hydrogens (tertiary/aromatic N) is 2. The largest absolute Gasteiger partial charge is 0.334 e. The summed E-state index contributed by atoms with van der Waals surface area (Å²) in [4.78, 5) is 14.1. The van der Waals surface area contributed by atoms with Crippen LogP contribution < -0.4 is 0 Å². The van der Waals surface area contributed by atoms with Gasteiger partial charge in [-0.2, -0.15) is 5.10 Å². The lowest BCUT2D eigenvalue weighted by Crippen LogP contribution is -2.32. The molecule has 2 rings (SSSR count). The standard InChI is InChI=1S/C17H20FN3O/c1-4-9-21(11-14-7-5-6-8-16(14)18)17(22)10-15-12(2)19-20-13(15)3/h4-8H,1,9-11H2,2-3H3,(H,19,20). The smallest absolute Gasteiger partial charge is 0.227 e. The molecule has 2 aromatic rings. The fraction of sp³-hybridized carbons (Fsp3) is 0.294. The predicted octanol–water partition coefficient (Wildman–Crippen LogP) is 2.92. The number of carbonyl (C=O) groups is 1. The van der Waals surface area contributed by atoms with Gasteiger partial charge in [0.15, 0.2) is 0 Å². The summed E-state index contributed by atoms with van der Waals surface area (Å²) in [5.41, 5.74) is 3.09. The average Bonchev–Trinajstić information content (AvgIpc) is 2.80. The summed E-state index contributed by atoms with van der Waals surface area (Å²) in [6.45, 7) is 8.03. The van der Waals surface area contributed by atoms with E-state index >= 15 is 0 Å². The molecule has 0 spiro atoms. The number of rotatable bonds is 6. The minimum absolute atomic E-state index is 0.0734. The van der Waals surface area contributed by atoms with Crippen LogP contribution in [-0.4, -0.2) is 27.5 Å². The van der Waals surface area contributed by atoms with Crippen LogP contribution in [0.15, 0.2) is 36.9 Å². The first-order chi connectivity index (χ1) is 10.5. The highest BCUT2D eigenvalue weighted by atomic mass is 19.1. The molecule has 5 heteroatoms. The first-order valence-electron chi connectivity index (χ1n) is 7.15. The molecule has 22 heavy (non-hydrogen) atoms. The Morgan fingerprint density at radius 3 is 2.73 bits per heavy atom. The summed E-state index contributed by atoms with van der Waals surface area (Å²) in [5.74, 6) is -0.379. The number of hydrogen-bond donors (Lipinski definition) is 1. The van der Waals surface area contributed by atoms with Gasteiger partial charge in [-0.05, 0) is 19.9 Å². The molecule has 0 saturated carbocycles. The third kappa shape index (κ3) is 3.61. The topological polar surface area (TPSA) is 49.0 Å². The Hall–Kier alpha value is -2.43. The predicted molar refractivity (Wildman–Crippen MR) is 83.8 cm³/mol. The molecule has 4 nitrogen and oxygen atoms in total. The number of hydrogen-bond acceptors (Lipinski definition) is 2.